The number of rotatable bonds is 10. The van der Waals surface area contributed by atoms with Crippen LogP contribution in [0.15, 0.2) is 29.3 Å². The Morgan fingerprint density at radius 1 is 1.19 bits per heavy atom. The normalized spacial score (nSPS) is 12.0. The number of amides is 1. The fourth-order valence-corrected chi connectivity index (χ4v) is 2.84. The zero-order valence-corrected chi connectivity index (χ0v) is 17.2. The van der Waals surface area contributed by atoms with Crippen molar-refractivity contribution in [2.24, 2.45) is 4.99 Å². The van der Waals surface area contributed by atoms with E-state index in [4.69, 9.17) is 0 Å². The third-order valence-corrected chi connectivity index (χ3v) is 4.05. The summed E-state index contributed by atoms with van der Waals surface area (Å²) >= 11 is 0. The number of aliphatic imine (C=N–C) groups is 1. The molecule has 0 aliphatic rings. The molecular weight excluding hydrogens is 345 g/mol. The number of hydrogen-bond acceptors (Lipinski definition) is 3. The van der Waals surface area contributed by atoms with Gasteiger partial charge in [-0.1, -0.05) is 6.07 Å². The molecule has 0 aromatic heterocycles. The summed E-state index contributed by atoms with van der Waals surface area (Å²) in [5.41, 5.74) is 0.427. The molecule has 1 amide bonds. The van der Waals surface area contributed by atoms with Crippen LogP contribution >= 0.6 is 0 Å². The number of guanidine groups is 1. The van der Waals surface area contributed by atoms with Crippen molar-refractivity contribution in [3.05, 3.63) is 30.1 Å². The molecule has 1 aromatic rings. The van der Waals surface area contributed by atoms with Gasteiger partial charge < -0.3 is 16.0 Å². The molecule has 0 radical (unpaired) electrons. The van der Waals surface area contributed by atoms with Gasteiger partial charge >= 0.3 is 0 Å². The highest BCUT2D eigenvalue weighted by Crippen LogP contribution is 2.08. The average molecular weight is 380 g/mol. The molecule has 27 heavy (non-hydrogen) atoms. The lowest BCUT2D eigenvalue weighted by molar-refractivity contribution is -0.114. The Kier molecular flexibility index (Phi) is 10.4. The number of nitrogens with one attached hydrogen (secondary N) is 3. The van der Waals surface area contributed by atoms with Gasteiger partial charge in [0.2, 0.25) is 5.91 Å². The van der Waals surface area contributed by atoms with E-state index < -0.39 is 0 Å². The Hall–Kier alpha value is -2.15. The summed E-state index contributed by atoms with van der Waals surface area (Å²) in [6.45, 7) is 13.2. The largest absolute Gasteiger partial charge is 0.357 e. The maximum Gasteiger partial charge on any atom is 0.246 e. The van der Waals surface area contributed by atoms with Crippen LogP contribution in [0, 0.1) is 5.82 Å². The van der Waals surface area contributed by atoms with Crippen molar-refractivity contribution in [2.75, 3.05) is 31.5 Å². The summed E-state index contributed by atoms with van der Waals surface area (Å²) in [6.07, 6.45) is 0.982. The second-order valence-electron chi connectivity index (χ2n) is 6.96. The Bertz CT molecular complexity index is 596. The molecule has 0 fully saturated rings. The zero-order valence-electron chi connectivity index (χ0n) is 17.2. The van der Waals surface area contributed by atoms with Crippen molar-refractivity contribution in [1.29, 1.82) is 0 Å². The van der Waals surface area contributed by atoms with E-state index in [-0.39, 0.29) is 18.3 Å². The minimum Gasteiger partial charge on any atom is -0.357 e. The van der Waals surface area contributed by atoms with Gasteiger partial charge in [0, 0.05) is 37.4 Å². The van der Waals surface area contributed by atoms with Gasteiger partial charge in [0.25, 0.3) is 0 Å². The van der Waals surface area contributed by atoms with Gasteiger partial charge in [-0.2, -0.15) is 0 Å². The lowest BCUT2D eigenvalue weighted by Crippen LogP contribution is -2.41. The van der Waals surface area contributed by atoms with Crippen LogP contribution in [0.5, 0.6) is 0 Å². The van der Waals surface area contributed by atoms with E-state index in [0.717, 1.165) is 19.5 Å². The number of nitrogens with zero attached hydrogens (tertiary/aromatic N) is 2. The minimum absolute atomic E-state index is 0.0318. The molecule has 0 aliphatic carbocycles. The monoisotopic (exact) mass is 379 g/mol. The molecule has 6 nitrogen and oxygen atoms in total. The summed E-state index contributed by atoms with van der Waals surface area (Å²) in [7, 11) is 0. The Balaban J connectivity index is 2.46. The smallest absolute Gasteiger partial charge is 0.246 e. The summed E-state index contributed by atoms with van der Waals surface area (Å²) in [5, 5.41) is 9.02. The van der Waals surface area contributed by atoms with Crippen LogP contribution in [0.4, 0.5) is 10.1 Å². The highest BCUT2D eigenvalue weighted by Gasteiger charge is 2.12. The molecule has 152 valence electrons. The first kappa shape index (κ1) is 22.9. The van der Waals surface area contributed by atoms with E-state index in [0.29, 0.717) is 30.3 Å². The van der Waals surface area contributed by atoms with E-state index in [1.807, 2.05) is 6.92 Å². The Labute approximate surface area is 162 Å². The van der Waals surface area contributed by atoms with Crippen LogP contribution in [0.1, 0.15) is 41.0 Å². The molecule has 1 aromatic carbocycles. The number of hydrogen-bond donors (Lipinski definition) is 3. The van der Waals surface area contributed by atoms with E-state index in [9.17, 15) is 9.18 Å². The van der Waals surface area contributed by atoms with Gasteiger partial charge in [-0.25, -0.2) is 9.38 Å². The topological polar surface area (TPSA) is 68.8 Å². The first-order chi connectivity index (χ1) is 12.8. The van der Waals surface area contributed by atoms with E-state index in [2.05, 4.69) is 53.5 Å². The van der Waals surface area contributed by atoms with E-state index in [1.165, 1.54) is 12.1 Å². The maximum absolute atomic E-state index is 13.2. The fourth-order valence-electron chi connectivity index (χ4n) is 2.84. The van der Waals surface area contributed by atoms with Crippen LogP contribution < -0.4 is 16.0 Å². The second kappa shape index (κ2) is 12.3. The van der Waals surface area contributed by atoms with Gasteiger partial charge in [0.05, 0.1) is 0 Å². The number of halogens is 1. The predicted octanol–water partition coefficient (Wildman–Crippen LogP) is 2.83. The molecule has 0 aliphatic heterocycles. The lowest BCUT2D eigenvalue weighted by atomic mass is 10.2. The SMILES string of the molecule is CCNC(=NCC(=O)Nc1cccc(F)c1)NCCCN(C(C)C)C(C)C. The van der Waals surface area contributed by atoms with Crippen LogP contribution in [0.25, 0.3) is 0 Å². The van der Waals surface area contributed by atoms with Gasteiger partial charge in [-0.3, -0.25) is 9.69 Å². The average Bonchev–Trinajstić information content (AvgIpc) is 2.58. The number of carbonyl (C=O) groups excluding carboxylic acids is 1. The lowest BCUT2D eigenvalue weighted by Gasteiger charge is -2.30. The highest BCUT2D eigenvalue weighted by atomic mass is 19.1. The zero-order chi connectivity index (χ0) is 20.2. The van der Waals surface area contributed by atoms with Crippen molar-refractivity contribution >= 4 is 17.6 Å². The van der Waals surface area contributed by atoms with Crippen LogP contribution in [0.3, 0.4) is 0 Å². The van der Waals surface area contributed by atoms with E-state index in [1.54, 1.807) is 12.1 Å². The van der Waals surface area contributed by atoms with E-state index >= 15 is 0 Å². The fraction of sp³-hybridized carbons (Fsp3) is 0.600. The first-order valence-corrected chi connectivity index (χ1v) is 9.66. The van der Waals surface area contributed by atoms with Crippen molar-refractivity contribution in [2.45, 2.75) is 53.1 Å². The molecule has 7 heteroatoms. The van der Waals surface area contributed by atoms with Crippen molar-refractivity contribution in [3.8, 4) is 0 Å². The Morgan fingerprint density at radius 2 is 1.89 bits per heavy atom. The third kappa shape index (κ3) is 9.38. The van der Waals surface area contributed by atoms with Gasteiger partial charge in [0.15, 0.2) is 5.96 Å². The predicted molar refractivity (Wildman–Crippen MR) is 111 cm³/mol. The molecule has 3 N–H and O–H groups in total. The maximum atomic E-state index is 13.2. The summed E-state index contributed by atoms with van der Waals surface area (Å²) in [4.78, 5) is 18.7. The quantitative estimate of drug-likeness (QED) is 0.332. The molecule has 0 heterocycles. The minimum atomic E-state index is -0.386. The second-order valence-corrected chi connectivity index (χ2v) is 6.96. The van der Waals surface area contributed by atoms with Crippen LogP contribution in [-0.4, -0.2) is 55.0 Å². The number of benzene rings is 1. The van der Waals surface area contributed by atoms with Gasteiger partial charge in [0.1, 0.15) is 12.4 Å². The highest BCUT2D eigenvalue weighted by molar-refractivity contribution is 5.94. The molecule has 0 spiro atoms. The van der Waals surface area contributed by atoms with Gasteiger partial charge in [-0.05, 0) is 59.2 Å². The van der Waals surface area contributed by atoms with Crippen molar-refractivity contribution in [1.82, 2.24) is 15.5 Å². The molecule has 0 saturated carbocycles. The molecular formula is C20H34FN5O. The summed E-state index contributed by atoms with van der Waals surface area (Å²) < 4.78 is 13.2. The third-order valence-electron chi connectivity index (χ3n) is 4.05. The molecule has 0 unspecified atom stereocenters. The molecule has 0 saturated heterocycles. The summed E-state index contributed by atoms with van der Waals surface area (Å²) in [6, 6.07) is 6.83. The molecule has 0 atom stereocenters. The van der Waals surface area contributed by atoms with Gasteiger partial charge in [-0.15, -0.1) is 0 Å². The summed E-state index contributed by atoms with van der Waals surface area (Å²) in [5.74, 6) is -0.0701. The molecule has 0 bridgehead atoms. The number of carbonyl (C=O) groups is 1. The van der Waals surface area contributed by atoms with Crippen molar-refractivity contribution < 1.29 is 9.18 Å². The van der Waals surface area contributed by atoms with Crippen molar-refractivity contribution in [3.63, 3.8) is 0 Å². The van der Waals surface area contributed by atoms with Crippen LogP contribution in [0.2, 0.25) is 0 Å². The standard InChI is InChI=1S/C20H34FN5O/c1-6-22-20(23-11-8-12-26(15(2)3)16(4)5)24-14-19(27)25-18-10-7-9-17(21)13-18/h7,9-10,13,15-16H,6,8,11-12,14H2,1-5H3,(H,25,27)(H2,22,23,24). The molecule has 1 rings (SSSR count). The Morgan fingerprint density at radius 3 is 2.48 bits per heavy atom. The first-order valence-electron chi connectivity index (χ1n) is 9.66. The van der Waals surface area contributed by atoms with Crippen LogP contribution in [-0.2, 0) is 4.79 Å². The number of anilines is 1.